The van der Waals surface area contributed by atoms with Crippen molar-refractivity contribution in [2.45, 2.75) is 53.9 Å². The first kappa shape index (κ1) is 31.4. The van der Waals surface area contributed by atoms with Crippen molar-refractivity contribution in [2.24, 2.45) is 17.8 Å². The van der Waals surface area contributed by atoms with Crippen LogP contribution in [0.25, 0.3) is 0 Å². The van der Waals surface area contributed by atoms with E-state index < -0.39 is 45.2 Å². The molecule has 45 heavy (non-hydrogen) atoms. The Morgan fingerprint density at radius 2 is 1.64 bits per heavy atom. The Balaban J connectivity index is 1.22. The molecular weight excluding hydrogens is 749 g/mol. The number of amides is 4. The second-order valence-corrected chi connectivity index (χ2v) is 15.4. The summed E-state index contributed by atoms with van der Waals surface area (Å²) in [5.41, 5.74) is 2.11. The van der Waals surface area contributed by atoms with Crippen LogP contribution < -0.4 is 0 Å². The van der Waals surface area contributed by atoms with E-state index in [2.05, 4.69) is 48.9 Å². The predicted octanol–water partition coefficient (Wildman–Crippen LogP) is 5.53. The van der Waals surface area contributed by atoms with E-state index in [1.54, 1.807) is 12.1 Å². The molecule has 2 aromatic carbocycles. The molecule has 12 heteroatoms. The fourth-order valence-corrected chi connectivity index (χ4v) is 10.2. The smallest absolute Gasteiger partial charge is 0.254 e. The molecule has 0 spiro atoms. The monoisotopic (exact) mass is 777 g/mol. The van der Waals surface area contributed by atoms with E-state index >= 15 is 0 Å². The van der Waals surface area contributed by atoms with E-state index in [-0.39, 0.29) is 35.5 Å². The van der Waals surface area contributed by atoms with Crippen molar-refractivity contribution in [3.63, 3.8) is 0 Å². The van der Waals surface area contributed by atoms with Crippen molar-refractivity contribution in [1.82, 2.24) is 14.7 Å². The number of phenols is 1. The zero-order chi connectivity index (χ0) is 31.8. The number of hydrogen-bond acceptors (Lipinski definition) is 6. The van der Waals surface area contributed by atoms with Gasteiger partial charge in [-0.1, -0.05) is 73.8 Å². The SMILES string of the molecule is O=C1[C@H]2[C@H](CC=C3[C@H]2C[C@@]2(Cl)C(=O)N(CBr)C(=O)[C@@]2(Cl)[C@H]3c2cc(Br)ccc2O)C(=O)N1C1CCN(Cc2ccccc2)CC1. The summed E-state index contributed by atoms with van der Waals surface area (Å²) in [5, 5.41) is 11.1. The number of likely N-dealkylation sites (tertiary alicyclic amines) is 3. The lowest BCUT2D eigenvalue weighted by Crippen LogP contribution is -2.60. The number of aromatic hydroxyl groups is 1. The number of allylic oxidation sites excluding steroid dienone is 2. The third kappa shape index (κ3) is 4.60. The van der Waals surface area contributed by atoms with Crippen LogP contribution in [0.15, 0.2) is 64.7 Å². The van der Waals surface area contributed by atoms with Gasteiger partial charge in [-0.3, -0.25) is 33.9 Å². The summed E-state index contributed by atoms with van der Waals surface area (Å²) in [5.74, 6) is -4.83. The Hall–Kier alpha value is -2.24. The number of nitrogens with zero attached hydrogens (tertiary/aromatic N) is 3. The van der Waals surface area contributed by atoms with Crippen molar-refractivity contribution in [1.29, 1.82) is 0 Å². The lowest BCUT2D eigenvalue weighted by Gasteiger charge is -2.50. The highest BCUT2D eigenvalue weighted by Crippen LogP contribution is 2.66. The summed E-state index contributed by atoms with van der Waals surface area (Å²) in [4.78, 5) is 57.0. The van der Waals surface area contributed by atoms with Gasteiger partial charge < -0.3 is 5.11 Å². The van der Waals surface area contributed by atoms with Crippen molar-refractivity contribution < 1.29 is 24.3 Å². The predicted molar refractivity (Wildman–Crippen MR) is 176 cm³/mol. The normalized spacial score (nSPS) is 33.7. The summed E-state index contributed by atoms with van der Waals surface area (Å²) in [6.45, 7) is 2.35. The van der Waals surface area contributed by atoms with Crippen molar-refractivity contribution in [3.05, 3.63) is 75.8 Å². The molecule has 0 unspecified atom stereocenters. The van der Waals surface area contributed by atoms with Gasteiger partial charge in [-0.25, -0.2) is 0 Å². The van der Waals surface area contributed by atoms with Gasteiger partial charge in [0, 0.05) is 41.6 Å². The Morgan fingerprint density at radius 3 is 2.33 bits per heavy atom. The van der Waals surface area contributed by atoms with Gasteiger partial charge in [0.15, 0.2) is 9.75 Å². The number of hydrogen-bond donors (Lipinski definition) is 1. The lowest BCUT2D eigenvalue weighted by molar-refractivity contribution is -0.144. The van der Waals surface area contributed by atoms with E-state index in [4.69, 9.17) is 23.2 Å². The van der Waals surface area contributed by atoms with E-state index in [1.165, 1.54) is 16.5 Å². The summed E-state index contributed by atoms with van der Waals surface area (Å²) in [6.07, 6.45) is 3.47. The summed E-state index contributed by atoms with van der Waals surface area (Å²) in [7, 11) is 0. The number of piperidine rings is 1. The van der Waals surface area contributed by atoms with Crippen LogP contribution in [0.2, 0.25) is 0 Å². The van der Waals surface area contributed by atoms with E-state index in [0.717, 1.165) is 24.5 Å². The number of halogens is 4. The molecule has 2 aliphatic carbocycles. The number of alkyl halides is 3. The van der Waals surface area contributed by atoms with Gasteiger partial charge in [-0.2, -0.15) is 0 Å². The third-order valence-corrected chi connectivity index (χ3v) is 12.9. The second kappa shape index (κ2) is 11.5. The molecule has 0 bridgehead atoms. The number of imide groups is 2. The molecule has 2 aromatic rings. The zero-order valence-electron chi connectivity index (χ0n) is 24.2. The lowest BCUT2D eigenvalue weighted by atomic mass is 9.56. The maximum atomic E-state index is 14.3. The minimum Gasteiger partial charge on any atom is -0.508 e. The average Bonchev–Trinajstić information content (AvgIpc) is 3.37. The molecule has 5 aliphatic rings. The molecule has 0 radical (unpaired) electrons. The van der Waals surface area contributed by atoms with Crippen LogP contribution in [0.5, 0.6) is 5.75 Å². The number of phenolic OH excluding ortho intramolecular Hbond substituents is 1. The quantitative estimate of drug-likeness (QED) is 0.186. The number of rotatable bonds is 5. The molecule has 7 rings (SSSR count). The van der Waals surface area contributed by atoms with E-state index in [9.17, 15) is 24.3 Å². The topological polar surface area (TPSA) is 98.2 Å². The van der Waals surface area contributed by atoms with Gasteiger partial charge in [0.05, 0.1) is 17.3 Å². The summed E-state index contributed by atoms with van der Waals surface area (Å²) >= 11 is 21.2. The maximum Gasteiger partial charge on any atom is 0.254 e. The highest BCUT2D eigenvalue weighted by atomic mass is 79.9. The van der Waals surface area contributed by atoms with E-state index in [0.29, 0.717) is 34.9 Å². The highest BCUT2D eigenvalue weighted by molar-refractivity contribution is 9.10. The van der Waals surface area contributed by atoms with Gasteiger partial charge in [-0.15, -0.1) is 23.2 Å². The molecule has 6 atom stereocenters. The van der Waals surface area contributed by atoms with Gasteiger partial charge in [-0.05, 0) is 55.4 Å². The van der Waals surface area contributed by atoms with Gasteiger partial charge >= 0.3 is 0 Å². The Labute approximate surface area is 287 Å². The fraction of sp³-hybridized carbons (Fsp3) is 0.455. The summed E-state index contributed by atoms with van der Waals surface area (Å²) < 4.78 is 0.637. The Bertz CT molecular complexity index is 1630. The number of fused-ring (bicyclic) bond motifs is 4. The number of carbonyl (C=O) groups is 4. The van der Waals surface area contributed by atoms with Crippen LogP contribution >= 0.6 is 55.1 Å². The molecule has 8 nitrogen and oxygen atoms in total. The number of benzene rings is 2. The van der Waals surface area contributed by atoms with Crippen molar-refractivity contribution in [2.75, 3.05) is 18.5 Å². The maximum absolute atomic E-state index is 14.3. The first-order valence-electron chi connectivity index (χ1n) is 15.1. The second-order valence-electron chi connectivity index (χ2n) is 12.7. The van der Waals surface area contributed by atoms with Crippen LogP contribution in [-0.4, -0.2) is 77.8 Å². The molecular formula is C33H31Br2Cl2N3O5. The standard InChI is InChI=1S/C33H31Br2Cl2N3O5/c34-17-39-30(44)32(36)15-24-21(27(33(32,37)31(39)45)23-14-19(35)6-9-25(23)41)7-8-22-26(24)29(43)40(28(22)42)20-10-12-38(13-11-20)16-18-4-2-1-3-5-18/h1-7,9,14,20,22,24,26-27,41H,8,10-13,15-17H2/t22-,24+,26-,27+,32+,33-/m0/s1. The van der Waals surface area contributed by atoms with Crippen molar-refractivity contribution >= 4 is 78.7 Å². The number of carbonyl (C=O) groups excluding carboxylic acids is 4. The molecule has 236 valence electrons. The van der Waals surface area contributed by atoms with Crippen molar-refractivity contribution in [3.8, 4) is 5.75 Å². The highest BCUT2D eigenvalue weighted by Gasteiger charge is 2.76. The Morgan fingerprint density at radius 1 is 0.933 bits per heavy atom. The molecule has 3 aliphatic heterocycles. The molecule has 4 amide bonds. The Kier molecular flexibility index (Phi) is 8.00. The molecule has 3 heterocycles. The minimum atomic E-state index is -1.95. The van der Waals surface area contributed by atoms with Crippen LogP contribution in [0, 0.1) is 17.8 Å². The van der Waals surface area contributed by atoms with Gasteiger partial charge in [0.25, 0.3) is 11.8 Å². The molecule has 3 saturated heterocycles. The van der Waals surface area contributed by atoms with Gasteiger partial charge in [0.1, 0.15) is 5.75 Å². The first-order chi connectivity index (χ1) is 21.5. The minimum absolute atomic E-state index is 0.0766. The third-order valence-electron chi connectivity index (χ3n) is 10.5. The first-order valence-corrected chi connectivity index (χ1v) is 17.8. The van der Waals surface area contributed by atoms with E-state index in [1.807, 2.05) is 24.3 Å². The molecule has 4 fully saturated rings. The van der Waals surface area contributed by atoms with Crippen LogP contribution in [0.1, 0.15) is 42.7 Å². The van der Waals surface area contributed by atoms with Gasteiger partial charge in [0.2, 0.25) is 11.8 Å². The fourth-order valence-electron chi connectivity index (χ4n) is 8.42. The average molecular weight is 780 g/mol. The molecule has 1 saturated carbocycles. The molecule has 0 aromatic heterocycles. The van der Waals surface area contributed by atoms with Crippen LogP contribution in [0.3, 0.4) is 0 Å². The van der Waals surface area contributed by atoms with Crippen LogP contribution in [-0.2, 0) is 25.7 Å². The van der Waals surface area contributed by atoms with Crippen LogP contribution in [0.4, 0.5) is 0 Å². The largest absolute Gasteiger partial charge is 0.508 e. The molecule has 1 N–H and O–H groups in total. The summed E-state index contributed by atoms with van der Waals surface area (Å²) in [6, 6.07) is 14.8. The zero-order valence-corrected chi connectivity index (χ0v) is 28.9.